The summed E-state index contributed by atoms with van der Waals surface area (Å²) >= 11 is 0. The smallest absolute Gasteiger partial charge is 0.254 e. The molecule has 7 heteroatoms. The van der Waals surface area contributed by atoms with Crippen molar-refractivity contribution in [2.45, 2.75) is 13.0 Å². The Balaban J connectivity index is 1.18. The lowest BCUT2D eigenvalue weighted by atomic mass is 10.1. The Morgan fingerprint density at radius 1 is 1.00 bits per heavy atom. The maximum absolute atomic E-state index is 13.0. The van der Waals surface area contributed by atoms with E-state index in [1.54, 1.807) is 18.5 Å². The molecule has 0 aliphatic carbocycles. The minimum Gasteiger partial charge on any atom is -0.493 e. The molecule has 5 rings (SSSR count). The summed E-state index contributed by atoms with van der Waals surface area (Å²) in [5.41, 5.74) is 4.09. The van der Waals surface area contributed by atoms with Crippen molar-refractivity contribution in [2.24, 2.45) is 0 Å². The molecular weight excluding hydrogens is 390 g/mol. The van der Waals surface area contributed by atoms with Crippen LogP contribution in [0.1, 0.15) is 21.5 Å². The highest BCUT2D eigenvalue weighted by Gasteiger charge is 2.23. The van der Waals surface area contributed by atoms with Gasteiger partial charge in [0.2, 0.25) is 5.95 Å². The van der Waals surface area contributed by atoms with Crippen LogP contribution >= 0.6 is 0 Å². The second-order valence-corrected chi connectivity index (χ2v) is 7.89. The molecule has 1 aromatic heterocycles. The zero-order valence-corrected chi connectivity index (χ0v) is 17.3. The monoisotopic (exact) mass is 415 g/mol. The minimum absolute atomic E-state index is 0.0620. The highest BCUT2D eigenvalue weighted by molar-refractivity contribution is 5.95. The average Bonchev–Trinajstić information content (AvgIpc) is 3.28. The van der Waals surface area contributed by atoms with Gasteiger partial charge in [0, 0.05) is 62.8 Å². The van der Waals surface area contributed by atoms with E-state index in [9.17, 15) is 4.79 Å². The third kappa shape index (κ3) is 4.51. The molecule has 158 valence electrons. The van der Waals surface area contributed by atoms with Crippen molar-refractivity contribution in [3.05, 3.63) is 77.6 Å². The first-order valence-electron chi connectivity index (χ1n) is 10.6. The molecule has 3 aromatic rings. The molecule has 1 amide bonds. The zero-order valence-electron chi connectivity index (χ0n) is 17.3. The van der Waals surface area contributed by atoms with Crippen LogP contribution in [0.4, 0.5) is 11.6 Å². The molecule has 2 aliphatic rings. The Kier molecular flexibility index (Phi) is 5.50. The first kappa shape index (κ1) is 19.5. The number of rotatable bonds is 5. The maximum Gasteiger partial charge on any atom is 0.254 e. The van der Waals surface area contributed by atoms with Gasteiger partial charge in [-0.25, -0.2) is 9.97 Å². The summed E-state index contributed by atoms with van der Waals surface area (Å²) in [6.45, 7) is 4.89. The fourth-order valence-corrected chi connectivity index (χ4v) is 4.11. The van der Waals surface area contributed by atoms with Gasteiger partial charge in [-0.1, -0.05) is 18.2 Å². The molecule has 0 atom stereocenters. The first-order valence-corrected chi connectivity index (χ1v) is 10.6. The van der Waals surface area contributed by atoms with Gasteiger partial charge >= 0.3 is 0 Å². The predicted molar refractivity (Wildman–Crippen MR) is 119 cm³/mol. The number of anilines is 2. The number of piperazine rings is 1. The number of aromatic nitrogens is 2. The standard InChI is InChI=1S/C24H25N5O2/c30-23(20-3-1-4-21(16-20)27-24-25-8-2-9-26-24)29-12-10-28(11-13-29)17-18-5-6-22-19(15-18)7-14-31-22/h1-6,8-9,15-16H,7,10-14,17H2,(H,25,26,27). The summed E-state index contributed by atoms with van der Waals surface area (Å²) in [5, 5.41) is 3.14. The number of nitrogens with zero attached hydrogens (tertiary/aromatic N) is 4. The molecule has 2 aromatic carbocycles. The Bertz CT molecular complexity index is 1060. The number of amides is 1. The molecule has 0 radical (unpaired) electrons. The van der Waals surface area contributed by atoms with Gasteiger partial charge in [-0.3, -0.25) is 9.69 Å². The molecule has 7 nitrogen and oxygen atoms in total. The normalized spacial score (nSPS) is 15.9. The van der Waals surface area contributed by atoms with Crippen molar-refractivity contribution in [3.63, 3.8) is 0 Å². The number of fused-ring (bicyclic) bond motifs is 1. The Labute approximate surface area is 181 Å². The predicted octanol–water partition coefficient (Wildman–Crippen LogP) is 3.11. The molecule has 2 aliphatic heterocycles. The molecule has 0 saturated carbocycles. The molecule has 0 bridgehead atoms. The Hall–Kier alpha value is -3.45. The van der Waals surface area contributed by atoms with E-state index < -0.39 is 0 Å². The SMILES string of the molecule is O=C(c1cccc(Nc2ncccn2)c1)N1CCN(Cc2ccc3c(c2)CCO3)CC1. The number of nitrogens with one attached hydrogen (secondary N) is 1. The average molecular weight is 415 g/mol. The van der Waals surface area contributed by atoms with Crippen LogP contribution in [0.5, 0.6) is 5.75 Å². The summed E-state index contributed by atoms with van der Waals surface area (Å²) in [6, 6.07) is 15.8. The van der Waals surface area contributed by atoms with Crippen LogP contribution in [0.2, 0.25) is 0 Å². The summed E-state index contributed by atoms with van der Waals surface area (Å²) < 4.78 is 5.60. The zero-order chi connectivity index (χ0) is 21.0. The van der Waals surface area contributed by atoms with Gasteiger partial charge in [0.05, 0.1) is 6.61 Å². The van der Waals surface area contributed by atoms with Crippen molar-refractivity contribution in [2.75, 3.05) is 38.1 Å². The summed E-state index contributed by atoms with van der Waals surface area (Å²) in [7, 11) is 0. The molecule has 1 saturated heterocycles. The van der Waals surface area contributed by atoms with Crippen molar-refractivity contribution < 1.29 is 9.53 Å². The van der Waals surface area contributed by atoms with E-state index in [1.165, 1.54) is 11.1 Å². The van der Waals surface area contributed by atoms with Gasteiger partial charge < -0.3 is 15.0 Å². The topological polar surface area (TPSA) is 70.6 Å². The number of hydrogen-bond acceptors (Lipinski definition) is 6. The van der Waals surface area contributed by atoms with Crippen molar-refractivity contribution in [1.29, 1.82) is 0 Å². The van der Waals surface area contributed by atoms with Crippen LogP contribution in [-0.2, 0) is 13.0 Å². The molecule has 31 heavy (non-hydrogen) atoms. The van der Waals surface area contributed by atoms with E-state index in [-0.39, 0.29) is 5.91 Å². The summed E-state index contributed by atoms with van der Waals surface area (Å²) in [6.07, 6.45) is 4.36. The van der Waals surface area contributed by atoms with Crippen LogP contribution in [0.15, 0.2) is 60.9 Å². The second-order valence-electron chi connectivity index (χ2n) is 7.89. The maximum atomic E-state index is 13.0. The van der Waals surface area contributed by atoms with E-state index in [1.807, 2.05) is 29.2 Å². The van der Waals surface area contributed by atoms with Gasteiger partial charge in [-0.15, -0.1) is 0 Å². The van der Waals surface area contributed by atoms with Gasteiger partial charge in [-0.05, 0) is 41.5 Å². The van der Waals surface area contributed by atoms with Crippen LogP contribution in [0.25, 0.3) is 0 Å². The largest absolute Gasteiger partial charge is 0.493 e. The Morgan fingerprint density at radius 3 is 2.68 bits per heavy atom. The highest BCUT2D eigenvalue weighted by Crippen LogP contribution is 2.26. The molecule has 3 heterocycles. The van der Waals surface area contributed by atoms with Gasteiger partial charge in [0.25, 0.3) is 5.91 Å². The van der Waals surface area contributed by atoms with E-state index in [0.29, 0.717) is 11.5 Å². The van der Waals surface area contributed by atoms with Crippen LogP contribution < -0.4 is 10.1 Å². The quantitative estimate of drug-likeness (QED) is 0.691. The van der Waals surface area contributed by atoms with E-state index >= 15 is 0 Å². The number of carbonyl (C=O) groups excluding carboxylic acids is 1. The summed E-state index contributed by atoms with van der Waals surface area (Å²) in [4.78, 5) is 25.7. The lowest BCUT2D eigenvalue weighted by molar-refractivity contribution is 0.0628. The second kappa shape index (κ2) is 8.73. The number of benzene rings is 2. The minimum atomic E-state index is 0.0620. The first-order chi connectivity index (χ1) is 15.2. The fourth-order valence-electron chi connectivity index (χ4n) is 4.11. The fraction of sp³-hybridized carbons (Fsp3) is 0.292. The highest BCUT2D eigenvalue weighted by atomic mass is 16.5. The van der Waals surface area contributed by atoms with Crippen molar-refractivity contribution in [1.82, 2.24) is 19.8 Å². The van der Waals surface area contributed by atoms with Crippen LogP contribution in [0, 0.1) is 0 Å². The number of hydrogen-bond donors (Lipinski definition) is 1. The van der Waals surface area contributed by atoms with Gasteiger partial charge in [0.15, 0.2) is 0 Å². The molecule has 0 spiro atoms. The van der Waals surface area contributed by atoms with E-state index in [2.05, 4.69) is 38.4 Å². The third-order valence-corrected chi connectivity index (χ3v) is 5.75. The molecular formula is C24H25N5O2. The van der Waals surface area contributed by atoms with Crippen molar-refractivity contribution >= 4 is 17.5 Å². The number of ether oxygens (including phenoxy) is 1. The van der Waals surface area contributed by atoms with Gasteiger partial charge in [-0.2, -0.15) is 0 Å². The van der Waals surface area contributed by atoms with E-state index in [4.69, 9.17) is 4.74 Å². The van der Waals surface area contributed by atoms with Crippen LogP contribution in [0.3, 0.4) is 0 Å². The Morgan fingerprint density at radius 2 is 1.84 bits per heavy atom. The lowest BCUT2D eigenvalue weighted by Crippen LogP contribution is -2.48. The molecule has 1 fully saturated rings. The van der Waals surface area contributed by atoms with Crippen LogP contribution in [-0.4, -0.2) is 58.5 Å². The number of carbonyl (C=O) groups is 1. The van der Waals surface area contributed by atoms with Crippen molar-refractivity contribution in [3.8, 4) is 5.75 Å². The lowest BCUT2D eigenvalue weighted by Gasteiger charge is -2.35. The summed E-state index contributed by atoms with van der Waals surface area (Å²) in [5.74, 6) is 1.60. The molecule has 0 unspecified atom stereocenters. The third-order valence-electron chi connectivity index (χ3n) is 5.75. The van der Waals surface area contributed by atoms with Gasteiger partial charge in [0.1, 0.15) is 5.75 Å². The van der Waals surface area contributed by atoms with E-state index in [0.717, 1.165) is 57.2 Å². The molecule has 1 N–H and O–H groups in total.